The maximum Gasteiger partial charge on any atom is 0.408 e. The molecule has 4 fully saturated rings. The Kier molecular flexibility index (Phi) is 13.1. The van der Waals surface area contributed by atoms with Crippen molar-refractivity contribution in [2.24, 2.45) is 29.1 Å². The van der Waals surface area contributed by atoms with Crippen molar-refractivity contribution >= 4 is 40.6 Å². The zero-order chi connectivity index (χ0) is 43.2. The van der Waals surface area contributed by atoms with Gasteiger partial charge in [0.25, 0.3) is 0 Å². The third kappa shape index (κ3) is 9.29. The number of benzene rings is 1. The molecule has 6 rings (SSSR count). The molecule has 1 aromatic heterocycles. The van der Waals surface area contributed by atoms with E-state index in [4.69, 9.17) is 23.7 Å². The molecule has 1 aromatic carbocycles. The number of ketones is 2. The van der Waals surface area contributed by atoms with Gasteiger partial charge in [0, 0.05) is 29.5 Å². The van der Waals surface area contributed by atoms with Crippen LogP contribution in [0.3, 0.4) is 0 Å². The number of Topliss-reactive ketones (excluding diaryl/α,β-unsaturated/α-hetero) is 2. The van der Waals surface area contributed by atoms with Gasteiger partial charge in [0.2, 0.25) is 0 Å². The molecule has 14 atom stereocenters. The van der Waals surface area contributed by atoms with Crippen molar-refractivity contribution in [3.8, 4) is 0 Å². The Morgan fingerprint density at radius 1 is 1.05 bits per heavy atom. The third-order valence-corrected chi connectivity index (χ3v) is 13.3. The summed E-state index contributed by atoms with van der Waals surface area (Å²) < 4.78 is 32.0. The van der Waals surface area contributed by atoms with Crippen molar-refractivity contribution < 1.29 is 48.0 Å². The zero-order valence-corrected chi connectivity index (χ0v) is 36.6. The van der Waals surface area contributed by atoms with Gasteiger partial charge in [-0.3, -0.25) is 19.4 Å². The number of aliphatic hydroxyl groups is 1. The number of carbonyl (C=O) groups is 4. The monoisotopic (exact) mass is 819 g/mol. The number of carbonyl (C=O) groups excluding carboxylic acids is 4. The van der Waals surface area contributed by atoms with Gasteiger partial charge in [-0.15, -0.1) is 0 Å². The number of pyridine rings is 1. The molecule has 1 unspecified atom stereocenters. The number of alkyl carbamates (subject to hydrolysis) is 1. The number of nitrogens with one attached hydrogen (secondary N) is 1. The summed E-state index contributed by atoms with van der Waals surface area (Å²) in [5, 5.41) is 15.7. The molecule has 2 bridgehead atoms. The molecular weight excluding hydrogens is 755 g/mol. The lowest BCUT2D eigenvalue weighted by atomic mass is 9.73. The van der Waals surface area contributed by atoms with Gasteiger partial charge in [0.05, 0.1) is 41.4 Å². The molecule has 0 radical (unpaired) electrons. The molecule has 0 spiro atoms. The van der Waals surface area contributed by atoms with Gasteiger partial charge < -0.3 is 39.0 Å². The van der Waals surface area contributed by atoms with Crippen LogP contribution in [0.2, 0.25) is 0 Å². The number of aliphatic hydroxyl groups excluding tert-OH is 1. The normalized spacial score (nSPS) is 38.6. The first-order valence-electron chi connectivity index (χ1n) is 21.3. The summed E-state index contributed by atoms with van der Waals surface area (Å²) in [4.78, 5) is 63.1. The average Bonchev–Trinajstić information content (AvgIpc) is 3.71. The molecule has 324 valence electrons. The Morgan fingerprint density at radius 2 is 1.76 bits per heavy atom. The van der Waals surface area contributed by atoms with Crippen LogP contribution >= 0.6 is 0 Å². The predicted octanol–water partition coefficient (Wildman–Crippen LogP) is 6.28. The lowest BCUT2D eigenvalue weighted by Crippen LogP contribution is -2.59. The molecule has 2 N–H and O–H groups in total. The summed E-state index contributed by atoms with van der Waals surface area (Å²) in [7, 11) is 1.99. The second kappa shape index (κ2) is 17.3. The molecule has 1 amide bonds. The lowest BCUT2D eigenvalue weighted by molar-refractivity contribution is -0.294. The van der Waals surface area contributed by atoms with E-state index in [9.17, 15) is 24.3 Å². The van der Waals surface area contributed by atoms with Crippen LogP contribution in [0.4, 0.5) is 4.79 Å². The molecular formula is C46H65N3O10. The molecule has 4 aliphatic rings. The molecule has 59 heavy (non-hydrogen) atoms. The van der Waals surface area contributed by atoms with E-state index in [0.717, 1.165) is 29.4 Å². The number of fused-ring (bicyclic) bond motifs is 4. The van der Waals surface area contributed by atoms with Crippen molar-refractivity contribution in [1.29, 1.82) is 0 Å². The van der Waals surface area contributed by atoms with E-state index in [2.05, 4.69) is 36.0 Å². The fourth-order valence-corrected chi connectivity index (χ4v) is 9.65. The molecule has 13 heteroatoms. The molecule has 4 saturated heterocycles. The Hall–Kier alpha value is -3.75. The fourth-order valence-electron chi connectivity index (χ4n) is 9.65. The van der Waals surface area contributed by atoms with Crippen LogP contribution in [-0.2, 0) is 38.1 Å². The maximum absolute atomic E-state index is 15.0. The zero-order valence-electron chi connectivity index (χ0n) is 36.6. The molecule has 4 aliphatic heterocycles. The maximum atomic E-state index is 15.0. The highest BCUT2D eigenvalue weighted by atomic mass is 16.7. The lowest BCUT2D eigenvalue weighted by Gasteiger charge is -2.46. The number of para-hydroxylation sites is 1. The van der Waals surface area contributed by atoms with E-state index < -0.39 is 89.5 Å². The highest BCUT2D eigenvalue weighted by molar-refractivity contribution is 6.00. The standard InChI is InChI=1S/C46H65N3O10/c1-12-35-46(10)39(48-43(54)59-46)26(3)37(51)31-23-45(9,58-34(31)18-17-29-22-30-15-13-14-16-32(30)47-24-29)40(27(4)36(50)28(5)41(53)56-35)57-42-38(52)33(21-25(2)55-42)49(11)20-19-44(6,7)8/h13-18,22,24-28,31,33-35,38-40,42,52H,12,19-21,23H2,1-11H3,(H,48,54)/b18-17+/t25-,26+,27+,28-,31+,33+,34?,35-,38-,39-,40-,42+,45-,46-/m1/s1. The topological polar surface area (TPSA) is 163 Å². The largest absolute Gasteiger partial charge is 0.458 e. The van der Waals surface area contributed by atoms with E-state index >= 15 is 0 Å². The summed E-state index contributed by atoms with van der Waals surface area (Å²) in [6, 6.07) is 8.64. The second-order valence-corrected chi connectivity index (χ2v) is 19.1. The van der Waals surface area contributed by atoms with Crippen LogP contribution in [-0.4, -0.2) is 112 Å². The highest BCUT2D eigenvalue weighted by Crippen LogP contribution is 2.46. The molecule has 2 aromatic rings. The summed E-state index contributed by atoms with van der Waals surface area (Å²) in [5.74, 6) is -5.22. The fraction of sp³-hybridized carbons (Fsp3) is 0.674. The minimum Gasteiger partial charge on any atom is -0.458 e. The first-order chi connectivity index (χ1) is 27.7. The first kappa shape index (κ1) is 44.8. The number of esters is 1. The van der Waals surface area contributed by atoms with Gasteiger partial charge in [-0.05, 0) is 90.1 Å². The number of ether oxygens (including phenoxy) is 5. The molecule has 5 heterocycles. The Labute approximate surface area is 348 Å². The Bertz CT molecular complexity index is 1910. The van der Waals surface area contributed by atoms with Crippen molar-refractivity contribution in [3.63, 3.8) is 0 Å². The van der Waals surface area contributed by atoms with Gasteiger partial charge >= 0.3 is 12.1 Å². The number of nitrogens with zero attached hydrogens (tertiary/aromatic N) is 2. The number of aromatic nitrogens is 1. The predicted molar refractivity (Wildman–Crippen MR) is 222 cm³/mol. The number of hydrogen-bond donors (Lipinski definition) is 2. The van der Waals surface area contributed by atoms with Crippen LogP contribution in [0.1, 0.15) is 100 Å². The van der Waals surface area contributed by atoms with Crippen molar-refractivity contribution in [3.05, 3.63) is 48.2 Å². The van der Waals surface area contributed by atoms with Crippen LogP contribution in [0.15, 0.2) is 42.6 Å². The van der Waals surface area contributed by atoms with Crippen molar-refractivity contribution in [1.82, 2.24) is 15.2 Å². The first-order valence-corrected chi connectivity index (χ1v) is 21.3. The third-order valence-electron chi connectivity index (χ3n) is 13.3. The SMILES string of the molecule is CC[C@H]1OC(=O)[C@H](C)C(=O)[C@H](C)[C@@H](O[C@@H]2O[C@H](C)C[C@H](N(C)CCC(C)(C)C)[C@H]2O)[C@@]2(C)C[C@H](C(=O)[C@H](C)[C@H]3NC(=O)O[C@@]31C)C(/C=C/c1cnc3ccccc3c1)O2. The number of hydrogen-bond acceptors (Lipinski definition) is 12. The molecule has 13 nitrogen and oxygen atoms in total. The summed E-state index contributed by atoms with van der Waals surface area (Å²) in [5.41, 5.74) is -0.972. The van der Waals surface area contributed by atoms with Gasteiger partial charge in [0.15, 0.2) is 17.7 Å². The highest BCUT2D eigenvalue weighted by Gasteiger charge is 2.60. The van der Waals surface area contributed by atoms with E-state index in [1.54, 1.807) is 33.9 Å². The van der Waals surface area contributed by atoms with Crippen LogP contribution < -0.4 is 5.32 Å². The van der Waals surface area contributed by atoms with Crippen LogP contribution in [0.5, 0.6) is 0 Å². The summed E-state index contributed by atoms with van der Waals surface area (Å²) in [6.07, 6.45) is 1.27. The minimum atomic E-state index is -1.41. The van der Waals surface area contributed by atoms with Gasteiger partial charge in [-0.1, -0.05) is 71.9 Å². The van der Waals surface area contributed by atoms with E-state index in [-0.39, 0.29) is 36.2 Å². The number of rotatable bonds is 8. The minimum absolute atomic E-state index is 0.0902. The van der Waals surface area contributed by atoms with E-state index in [1.165, 1.54) is 6.92 Å². The Morgan fingerprint density at radius 3 is 2.46 bits per heavy atom. The molecule has 0 saturated carbocycles. The quantitative estimate of drug-likeness (QED) is 0.227. The van der Waals surface area contributed by atoms with Crippen molar-refractivity contribution in [2.45, 2.75) is 155 Å². The number of likely N-dealkylation sites (N-methyl/N-ethyl adjacent to an activating group) is 1. The van der Waals surface area contributed by atoms with Crippen molar-refractivity contribution in [2.75, 3.05) is 13.6 Å². The van der Waals surface area contributed by atoms with Crippen LogP contribution in [0, 0.1) is 29.1 Å². The second-order valence-electron chi connectivity index (χ2n) is 19.1. The van der Waals surface area contributed by atoms with Gasteiger partial charge in [0.1, 0.15) is 23.9 Å². The number of amides is 1. The smallest absolute Gasteiger partial charge is 0.408 e. The Balaban J connectivity index is 1.41. The van der Waals surface area contributed by atoms with Crippen LogP contribution in [0.25, 0.3) is 17.0 Å². The van der Waals surface area contributed by atoms with Gasteiger partial charge in [-0.2, -0.15) is 0 Å². The van der Waals surface area contributed by atoms with Gasteiger partial charge in [-0.25, -0.2) is 4.79 Å². The summed E-state index contributed by atoms with van der Waals surface area (Å²) >= 11 is 0. The van der Waals surface area contributed by atoms with E-state index in [0.29, 0.717) is 6.42 Å². The average molecular weight is 820 g/mol. The van der Waals surface area contributed by atoms with E-state index in [1.807, 2.05) is 63.4 Å². The summed E-state index contributed by atoms with van der Waals surface area (Å²) in [6.45, 7) is 19.4. The number of cyclic esters (lactones) is 1. The molecule has 0 aliphatic carbocycles.